The van der Waals surface area contributed by atoms with Gasteiger partial charge in [0.2, 0.25) is 5.91 Å². The van der Waals surface area contributed by atoms with Crippen LogP contribution in [-0.4, -0.2) is 51.7 Å². The molecule has 0 radical (unpaired) electrons. The largest absolute Gasteiger partial charge is 0.497 e. The van der Waals surface area contributed by atoms with E-state index in [1.54, 1.807) is 16.7 Å². The maximum atomic E-state index is 13.6. The van der Waals surface area contributed by atoms with Gasteiger partial charge in [0.15, 0.2) is 0 Å². The van der Waals surface area contributed by atoms with Crippen LogP contribution in [0.4, 0.5) is 0 Å². The van der Waals surface area contributed by atoms with Crippen LogP contribution in [0, 0.1) is 0 Å². The number of benzene rings is 1. The molecule has 0 bridgehead atoms. The lowest BCUT2D eigenvalue weighted by molar-refractivity contribution is -0.134. The Kier molecular flexibility index (Phi) is 7.05. The molecule has 1 aliphatic carbocycles. The average Bonchev–Trinajstić information content (AvgIpc) is 3.22. The number of nitrogens with one attached hydrogen (secondary N) is 1. The van der Waals surface area contributed by atoms with E-state index < -0.39 is 5.54 Å². The highest BCUT2D eigenvalue weighted by atomic mass is 16.5. The lowest BCUT2D eigenvalue weighted by atomic mass is 9.92. The van der Waals surface area contributed by atoms with Gasteiger partial charge in [-0.1, -0.05) is 39.0 Å². The quantitative estimate of drug-likeness (QED) is 0.704. The number of carbonyl (C=O) groups excluding carboxylic acids is 2. The molecule has 0 unspecified atom stereocenters. The second-order valence-electron chi connectivity index (χ2n) is 9.55. The number of nitrogens with zero attached hydrogens (tertiary/aromatic N) is 3. The first-order chi connectivity index (χ1) is 16.0. The normalized spacial score (nSPS) is 21.8. The van der Waals surface area contributed by atoms with E-state index in [1.807, 2.05) is 44.2 Å². The van der Waals surface area contributed by atoms with Crippen molar-refractivity contribution in [3.8, 4) is 17.0 Å². The van der Waals surface area contributed by atoms with E-state index >= 15 is 0 Å². The van der Waals surface area contributed by atoms with Crippen molar-refractivity contribution in [1.29, 1.82) is 0 Å². The van der Waals surface area contributed by atoms with Crippen molar-refractivity contribution in [2.45, 2.75) is 83.3 Å². The standard InChI is InChI=1S/C26H36N4O3/c1-4-16-29-24(31)23-17-22(19-12-14-21(33-3)15-13-19)28-30(23)18-26(29,2)25(32)27-20-10-8-6-5-7-9-11-20/h12-15,17,20H,4-11,16,18H2,1-3H3,(H,27,32)/t26-/m1/s1. The van der Waals surface area contributed by atoms with Crippen LogP contribution >= 0.6 is 0 Å². The Hall–Kier alpha value is -2.83. The molecule has 2 amide bonds. The van der Waals surface area contributed by atoms with Gasteiger partial charge >= 0.3 is 0 Å². The van der Waals surface area contributed by atoms with Crippen LogP contribution in [0.2, 0.25) is 0 Å². The SMILES string of the molecule is CCCN1C(=O)c2cc(-c3ccc(OC)cc3)nn2C[C@]1(C)C(=O)NC1CCCCCCC1. The maximum absolute atomic E-state index is 13.6. The Morgan fingerprint density at radius 1 is 1.15 bits per heavy atom. The summed E-state index contributed by atoms with van der Waals surface area (Å²) in [5.74, 6) is 0.569. The third-order valence-electron chi connectivity index (χ3n) is 7.06. The van der Waals surface area contributed by atoms with E-state index in [1.165, 1.54) is 19.3 Å². The van der Waals surface area contributed by atoms with Crippen LogP contribution in [-0.2, 0) is 11.3 Å². The van der Waals surface area contributed by atoms with E-state index in [2.05, 4.69) is 5.32 Å². The minimum atomic E-state index is -0.967. The highest BCUT2D eigenvalue weighted by Gasteiger charge is 2.48. The molecule has 2 aromatic rings. The molecular weight excluding hydrogens is 416 g/mol. The zero-order valence-electron chi connectivity index (χ0n) is 20.1. The summed E-state index contributed by atoms with van der Waals surface area (Å²) in [4.78, 5) is 28.9. The van der Waals surface area contributed by atoms with Gasteiger partial charge in [-0.3, -0.25) is 14.3 Å². The van der Waals surface area contributed by atoms with Gasteiger partial charge in [-0.2, -0.15) is 5.10 Å². The predicted molar refractivity (Wildman–Crippen MR) is 128 cm³/mol. The number of hydrogen-bond donors (Lipinski definition) is 1. The molecule has 0 spiro atoms. The summed E-state index contributed by atoms with van der Waals surface area (Å²) >= 11 is 0. The van der Waals surface area contributed by atoms with Gasteiger partial charge in [0, 0.05) is 18.2 Å². The van der Waals surface area contributed by atoms with Gasteiger partial charge in [0.05, 0.1) is 19.3 Å². The highest BCUT2D eigenvalue weighted by Crippen LogP contribution is 2.31. The van der Waals surface area contributed by atoms with Gasteiger partial charge < -0.3 is 15.0 Å². The Balaban J connectivity index is 1.60. The average molecular weight is 453 g/mol. The number of carbonyl (C=O) groups is 2. The number of rotatable bonds is 6. The molecule has 2 heterocycles. The van der Waals surface area contributed by atoms with Crippen molar-refractivity contribution in [3.05, 3.63) is 36.0 Å². The second-order valence-corrected chi connectivity index (χ2v) is 9.55. The number of amides is 2. The Morgan fingerprint density at radius 2 is 1.82 bits per heavy atom. The molecule has 1 fully saturated rings. The highest BCUT2D eigenvalue weighted by molar-refractivity contribution is 6.00. The van der Waals surface area contributed by atoms with Gasteiger partial charge in [-0.15, -0.1) is 0 Å². The Morgan fingerprint density at radius 3 is 2.45 bits per heavy atom. The van der Waals surface area contributed by atoms with Crippen molar-refractivity contribution in [2.24, 2.45) is 0 Å². The van der Waals surface area contributed by atoms with Crippen LogP contribution in [0.25, 0.3) is 11.3 Å². The maximum Gasteiger partial charge on any atom is 0.273 e. The third kappa shape index (κ3) is 4.77. The lowest BCUT2D eigenvalue weighted by Crippen LogP contribution is -2.65. The zero-order chi connectivity index (χ0) is 23.4. The lowest BCUT2D eigenvalue weighted by Gasteiger charge is -2.43. The van der Waals surface area contributed by atoms with E-state index in [0.29, 0.717) is 18.8 Å². The summed E-state index contributed by atoms with van der Waals surface area (Å²) in [6.07, 6.45) is 8.86. The number of methoxy groups -OCH3 is 1. The topological polar surface area (TPSA) is 76.5 Å². The third-order valence-corrected chi connectivity index (χ3v) is 7.06. The van der Waals surface area contributed by atoms with Crippen LogP contribution < -0.4 is 10.1 Å². The second kappa shape index (κ2) is 9.98. The molecule has 7 heteroatoms. The summed E-state index contributed by atoms with van der Waals surface area (Å²) in [5, 5.41) is 8.02. The summed E-state index contributed by atoms with van der Waals surface area (Å²) in [5.41, 5.74) is 1.20. The molecule has 1 aromatic carbocycles. The van der Waals surface area contributed by atoms with Crippen LogP contribution in [0.3, 0.4) is 0 Å². The molecule has 0 saturated heterocycles. The molecule has 178 valence electrons. The van der Waals surface area contributed by atoms with Crippen LogP contribution in [0.5, 0.6) is 5.75 Å². The fourth-order valence-corrected chi connectivity index (χ4v) is 5.06. The first-order valence-corrected chi connectivity index (χ1v) is 12.3. The van der Waals surface area contributed by atoms with Crippen molar-refractivity contribution in [3.63, 3.8) is 0 Å². The number of hydrogen-bond acceptors (Lipinski definition) is 4. The fraction of sp³-hybridized carbons (Fsp3) is 0.577. The van der Waals surface area contributed by atoms with Gasteiger partial charge in [-0.05, 0) is 56.5 Å². The summed E-state index contributed by atoms with van der Waals surface area (Å²) in [6.45, 7) is 4.81. The minimum absolute atomic E-state index is 0.0676. The molecule has 1 saturated carbocycles. The van der Waals surface area contributed by atoms with Crippen molar-refractivity contribution in [2.75, 3.05) is 13.7 Å². The smallest absolute Gasteiger partial charge is 0.273 e. The summed E-state index contributed by atoms with van der Waals surface area (Å²) in [7, 11) is 1.63. The summed E-state index contributed by atoms with van der Waals surface area (Å²) < 4.78 is 6.96. The molecular formula is C26H36N4O3. The first kappa shape index (κ1) is 23.3. The fourth-order valence-electron chi connectivity index (χ4n) is 5.06. The number of aromatic nitrogens is 2. The van der Waals surface area contributed by atoms with E-state index in [9.17, 15) is 9.59 Å². The number of fused-ring (bicyclic) bond motifs is 1. The first-order valence-electron chi connectivity index (χ1n) is 12.3. The molecule has 33 heavy (non-hydrogen) atoms. The molecule has 1 aromatic heterocycles. The van der Waals surface area contributed by atoms with E-state index in [4.69, 9.17) is 9.84 Å². The van der Waals surface area contributed by atoms with Crippen molar-refractivity contribution < 1.29 is 14.3 Å². The molecule has 1 N–H and O–H groups in total. The van der Waals surface area contributed by atoms with Gasteiger partial charge in [-0.25, -0.2) is 0 Å². The van der Waals surface area contributed by atoms with Gasteiger partial charge in [0.25, 0.3) is 5.91 Å². The minimum Gasteiger partial charge on any atom is -0.497 e. The van der Waals surface area contributed by atoms with Crippen molar-refractivity contribution >= 4 is 11.8 Å². The van der Waals surface area contributed by atoms with Crippen LogP contribution in [0.15, 0.2) is 30.3 Å². The molecule has 4 rings (SSSR count). The number of ether oxygens (including phenoxy) is 1. The van der Waals surface area contributed by atoms with E-state index in [0.717, 1.165) is 49.1 Å². The Labute approximate surface area is 196 Å². The molecule has 2 aliphatic rings. The van der Waals surface area contributed by atoms with Crippen LogP contribution in [0.1, 0.15) is 75.7 Å². The molecule has 1 aliphatic heterocycles. The molecule has 1 atom stereocenters. The predicted octanol–water partition coefficient (Wildman–Crippen LogP) is 4.41. The van der Waals surface area contributed by atoms with Gasteiger partial charge in [0.1, 0.15) is 17.0 Å². The van der Waals surface area contributed by atoms with E-state index in [-0.39, 0.29) is 17.9 Å². The molecule has 7 nitrogen and oxygen atoms in total. The Bertz CT molecular complexity index is 976. The monoisotopic (exact) mass is 452 g/mol. The zero-order valence-corrected chi connectivity index (χ0v) is 20.1. The van der Waals surface area contributed by atoms with Crippen molar-refractivity contribution in [1.82, 2.24) is 20.0 Å². The summed E-state index contributed by atoms with van der Waals surface area (Å²) in [6, 6.07) is 9.64.